The summed E-state index contributed by atoms with van der Waals surface area (Å²) in [7, 11) is 1.56. The number of hydrogen-bond acceptors (Lipinski definition) is 7. The molecule has 0 radical (unpaired) electrons. The molecule has 1 amide bonds. The lowest BCUT2D eigenvalue weighted by molar-refractivity contribution is -0.113. The molecule has 166 valence electrons. The highest BCUT2D eigenvalue weighted by Crippen LogP contribution is 2.39. The van der Waals surface area contributed by atoms with Gasteiger partial charge < -0.3 is 25.2 Å². The summed E-state index contributed by atoms with van der Waals surface area (Å²) in [6, 6.07) is 10.0. The number of hydrogen-bond donors (Lipinski definition) is 3. The molecule has 32 heavy (non-hydrogen) atoms. The van der Waals surface area contributed by atoms with E-state index in [4.69, 9.17) is 9.47 Å². The van der Waals surface area contributed by atoms with Gasteiger partial charge in [-0.15, -0.1) is 0 Å². The number of aromatic nitrogens is 3. The van der Waals surface area contributed by atoms with Crippen LogP contribution in [0.3, 0.4) is 0 Å². The van der Waals surface area contributed by atoms with Gasteiger partial charge in [-0.25, -0.2) is 4.68 Å². The van der Waals surface area contributed by atoms with Crippen LogP contribution in [0.5, 0.6) is 17.2 Å². The van der Waals surface area contributed by atoms with Crippen LogP contribution in [-0.2, 0) is 4.79 Å². The molecule has 2 heterocycles. The SMILES string of the molecule is CCOc1cc([C@@H]2C(C(=O)Nc3cc(C)ccc3OC)=C(C)Nc3ncnn32)ccc1O. The second-order valence-corrected chi connectivity index (χ2v) is 7.41. The van der Waals surface area contributed by atoms with Crippen molar-refractivity contribution >= 4 is 17.5 Å². The smallest absolute Gasteiger partial charge is 0.255 e. The molecule has 9 heteroatoms. The second-order valence-electron chi connectivity index (χ2n) is 7.41. The van der Waals surface area contributed by atoms with Crippen molar-refractivity contribution in [1.82, 2.24) is 14.8 Å². The summed E-state index contributed by atoms with van der Waals surface area (Å²) in [6.07, 6.45) is 1.43. The predicted molar refractivity (Wildman–Crippen MR) is 120 cm³/mol. The van der Waals surface area contributed by atoms with E-state index in [0.29, 0.717) is 41.0 Å². The Morgan fingerprint density at radius 1 is 1.22 bits per heavy atom. The maximum atomic E-state index is 13.5. The van der Waals surface area contributed by atoms with Gasteiger partial charge in [-0.1, -0.05) is 12.1 Å². The molecule has 1 atom stereocenters. The number of amides is 1. The Morgan fingerprint density at radius 2 is 2.03 bits per heavy atom. The first-order valence-corrected chi connectivity index (χ1v) is 10.2. The molecule has 3 aromatic rings. The van der Waals surface area contributed by atoms with Crippen molar-refractivity contribution in [2.45, 2.75) is 26.8 Å². The number of phenolic OH excluding ortho intramolecular Hbond substituents is 1. The first-order chi connectivity index (χ1) is 15.4. The maximum Gasteiger partial charge on any atom is 0.255 e. The Bertz CT molecular complexity index is 1200. The van der Waals surface area contributed by atoms with Crippen LogP contribution in [0.1, 0.15) is 31.0 Å². The summed E-state index contributed by atoms with van der Waals surface area (Å²) in [4.78, 5) is 17.8. The van der Waals surface area contributed by atoms with Crippen molar-refractivity contribution in [1.29, 1.82) is 0 Å². The zero-order chi connectivity index (χ0) is 22.8. The number of rotatable bonds is 6. The van der Waals surface area contributed by atoms with Crippen LogP contribution in [0.4, 0.5) is 11.6 Å². The van der Waals surface area contributed by atoms with E-state index in [2.05, 4.69) is 20.7 Å². The third-order valence-corrected chi connectivity index (χ3v) is 5.24. The highest BCUT2D eigenvalue weighted by Gasteiger charge is 2.34. The number of aryl methyl sites for hydroxylation is 1. The molecular formula is C23H25N5O4. The fourth-order valence-corrected chi connectivity index (χ4v) is 3.77. The van der Waals surface area contributed by atoms with Crippen molar-refractivity contribution in [2.75, 3.05) is 24.4 Å². The number of methoxy groups -OCH3 is 1. The number of aromatic hydroxyl groups is 1. The van der Waals surface area contributed by atoms with Gasteiger partial charge in [-0.3, -0.25) is 4.79 Å². The molecular weight excluding hydrogens is 410 g/mol. The predicted octanol–water partition coefficient (Wildman–Crippen LogP) is 3.63. The summed E-state index contributed by atoms with van der Waals surface area (Å²) in [5.41, 5.74) is 3.38. The van der Waals surface area contributed by atoms with Gasteiger partial charge >= 0.3 is 0 Å². The normalized spacial score (nSPS) is 15.1. The van der Waals surface area contributed by atoms with Gasteiger partial charge in [0.15, 0.2) is 11.5 Å². The number of phenols is 1. The van der Waals surface area contributed by atoms with Crippen molar-refractivity contribution in [2.24, 2.45) is 0 Å². The van der Waals surface area contributed by atoms with Gasteiger partial charge in [-0.05, 0) is 56.2 Å². The summed E-state index contributed by atoms with van der Waals surface area (Å²) in [6.45, 7) is 5.99. The van der Waals surface area contributed by atoms with E-state index in [1.54, 1.807) is 30.0 Å². The van der Waals surface area contributed by atoms with Crippen molar-refractivity contribution < 1.29 is 19.4 Å². The molecule has 0 bridgehead atoms. The zero-order valence-electron chi connectivity index (χ0n) is 18.3. The number of ether oxygens (including phenoxy) is 2. The number of nitrogens with one attached hydrogen (secondary N) is 2. The number of carbonyl (C=O) groups excluding carboxylic acids is 1. The highest BCUT2D eigenvalue weighted by atomic mass is 16.5. The van der Waals surface area contributed by atoms with Gasteiger partial charge in [0.05, 0.1) is 25.0 Å². The quantitative estimate of drug-likeness (QED) is 0.542. The van der Waals surface area contributed by atoms with E-state index in [1.807, 2.05) is 39.0 Å². The average Bonchev–Trinajstić information content (AvgIpc) is 3.22. The third-order valence-electron chi connectivity index (χ3n) is 5.24. The molecule has 0 spiro atoms. The van der Waals surface area contributed by atoms with Crippen molar-refractivity contribution in [3.05, 3.63) is 65.1 Å². The van der Waals surface area contributed by atoms with Crippen LogP contribution in [0.2, 0.25) is 0 Å². The van der Waals surface area contributed by atoms with Crippen LogP contribution in [0.25, 0.3) is 0 Å². The van der Waals surface area contributed by atoms with E-state index in [-0.39, 0.29) is 11.7 Å². The Kier molecular flexibility index (Phi) is 5.72. The molecule has 0 saturated heterocycles. The Labute approximate surface area is 185 Å². The number of anilines is 2. The monoisotopic (exact) mass is 435 g/mol. The maximum absolute atomic E-state index is 13.5. The van der Waals surface area contributed by atoms with Crippen LogP contribution in [-0.4, -0.2) is 39.5 Å². The summed E-state index contributed by atoms with van der Waals surface area (Å²) >= 11 is 0. The average molecular weight is 435 g/mol. The lowest BCUT2D eigenvalue weighted by atomic mass is 9.94. The highest BCUT2D eigenvalue weighted by molar-refractivity contribution is 6.06. The molecule has 0 fully saturated rings. The molecule has 0 saturated carbocycles. The van der Waals surface area contributed by atoms with Crippen LogP contribution in [0, 0.1) is 6.92 Å². The zero-order valence-corrected chi connectivity index (χ0v) is 18.3. The molecule has 0 unspecified atom stereocenters. The van der Waals surface area contributed by atoms with E-state index >= 15 is 0 Å². The largest absolute Gasteiger partial charge is 0.504 e. The Balaban J connectivity index is 1.78. The Hall–Kier alpha value is -4.01. The van der Waals surface area contributed by atoms with Crippen molar-refractivity contribution in [3.63, 3.8) is 0 Å². The van der Waals surface area contributed by atoms with E-state index in [9.17, 15) is 9.90 Å². The molecule has 4 rings (SSSR count). The van der Waals surface area contributed by atoms with Gasteiger partial charge in [0, 0.05) is 5.70 Å². The molecule has 2 aromatic carbocycles. The topological polar surface area (TPSA) is 111 Å². The second kappa shape index (κ2) is 8.62. The third kappa shape index (κ3) is 3.84. The number of benzene rings is 2. The lowest BCUT2D eigenvalue weighted by Crippen LogP contribution is -2.31. The molecule has 1 aliphatic rings. The lowest BCUT2D eigenvalue weighted by Gasteiger charge is -2.29. The van der Waals surface area contributed by atoms with E-state index in [1.165, 1.54) is 6.33 Å². The first-order valence-electron chi connectivity index (χ1n) is 10.2. The molecule has 9 nitrogen and oxygen atoms in total. The summed E-state index contributed by atoms with van der Waals surface area (Å²) in [5.74, 6) is 1.13. The number of fused-ring (bicyclic) bond motifs is 1. The molecule has 3 N–H and O–H groups in total. The van der Waals surface area contributed by atoms with Gasteiger partial charge in [-0.2, -0.15) is 10.1 Å². The Morgan fingerprint density at radius 3 is 2.78 bits per heavy atom. The molecule has 1 aliphatic heterocycles. The fourth-order valence-electron chi connectivity index (χ4n) is 3.77. The first kappa shape index (κ1) is 21.2. The van der Waals surface area contributed by atoms with Crippen LogP contribution in [0.15, 0.2) is 54.0 Å². The number of allylic oxidation sites excluding steroid dienone is 1. The van der Waals surface area contributed by atoms with Gasteiger partial charge in [0.25, 0.3) is 5.91 Å². The van der Waals surface area contributed by atoms with Crippen LogP contribution >= 0.6 is 0 Å². The molecule has 0 aliphatic carbocycles. The minimum Gasteiger partial charge on any atom is -0.504 e. The minimum atomic E-state index is -0.579. The van der Waals surface area contributed by atoms with Crippen LogP contribution < -0.4 is 20.1 Å². The van der Waals surface area contributed by atoms with E-state index < -0.39 is 6.04 Å². The summed E-state index contributed by atoms with van der Waals surface area (Å²) in [5, 5.41) is 20.6. The summed E-state index contributed by atoms with van der Waals surface area (Å²) < 4.78 is 12.6. The van der Waals surface area contributed by atoms with Crippen molar-refractivity contribution in [3.8, 4) is 17.2 Å². The standard InChI is InChI=1S/C23H25N5O4/c1-5-32-19-11-15(7-8-17(19)29)21-20(14(3)26-23-24-12-25-28(21)23)22(30)27-16-10-13(2)6-9-18(16)31-4/h6-12,21,29H,5H2,1-4H3,(H,27,30)(H,24,25,26)/t21-/m1/s1. The van der Waals surface area contributed by atoms with E-state index in [0.717, 1.165) is 11.1 Å². The minimum absolute atomic E-state index is 0.0274. The molecule has 1 aromatic heterocycles. The number of nitrogens with zero attached hydrogens (tertiary/aromatic N) is 3. The van der Waals surface area contributed by atoms with Gasteiger partial charge in [0.2, 0.25) is 5.95 Å². The number of carbonyl (C=O) groups is 1. The van der Waals surface area contributed by atoms with Gasteiger partial charge in [0.1, 0.15) is 18.1 Å². The fraction of sp³-hybridized carbons (Fsp3) is 0.261.